The second kappa shape index (κ2) is 2.97. The first kappa shape index (κ1) is 8.47. The molecule has 0 aromatic rings. The number of carbonyl (C=O) groups excluding carboxylic acids is 1. The molecule has 0 aromatic heterocycles. The minimum atomic E-state index is -0.0341. The van der Waals surface area contributed by atoms with Gasteiger partial charge in [-0.2, -0.15) is 0 Å². The molecule has 0 radical (unpaired) electrons. The van der Waals surface area contributed by atoms with Gasteiger partial charge in [0, 0.05) is 30.9 Å². The van der Waals surface area contributed by atoms with Gasteiger partial charge in [0.25, 0.3) is 0 Å². The lowest BCUT2D eigenvalue weighted by Crippen LogP contribution is -2.55. The van der Waals surface area contributed by atoms with E-state index in [4.69, 9.17) is 0 Å². The highest BCUT2D eigenvalue weighted by Crippen LogP contribution is 2.25. The molecule has 0 saturated carbocycles. The standard InChI is InChI=1S/C7H12BrN3O/c1-11-3-5(8)4-2-9-10-6(4)7(11)12/h4-6,9-10H,2-3H2,1H3. The Hall–Kier alpha value is -0.130. The van der Waals surface area contributed by atoms with Crippen molar-refractivity contribution >= 4 is 21.8 Å². The summed E-state index contributed by atoms with van der Waals surface area (Å²) in [6.45, 7) is 1.68. The normalized spacial score (nSPS) is 41.7. The van der Waals surface area contributed by atoms with E-state index in [9.17, 15) is 4.79 Å². The number of nitrogens with zero attached hydrogens (tertiary/aromatic N) is 1. The average Bonchev–Trinajstić information content (AvgIpc) is 2.48. The van der Waals surface area contributed by atoms with Crippen molar-refractivity contribution in [2.24, 2.45) is 5.92 Å². The molecule has 12 heavy (non-hydrogen) atoms. The van der Waals surface area contributed by atoms with E-state index in [0.29, 0.717) is 10.7 Å². The van der Waals surface area contributed by atoms with Crippen molar-refractivity contribution < 1.29 is 4.79 Å². The van der Waals surface area contributed by atoms with Crippen molar-refractivity contribution in [3.8, 4) is 0 Å². The van der Waals surface area contributed by atoms with Gasteiger partial charge in [-0.3, -0.25) is 10.2 Å². The SMILES string of the molecule is CN1CC(Br)C2CNNC2C1=O. The molecular weight excluding hydrogens is 222 g/mol. The molecule has 0 spiro atoms. The van der Waals surface area contributed by atoms with Crippen LogP contribution in [0.15, 0.2) is 0 Å². The monoisotopic (exact) mass is 233 g/mol. The molecule has 2 aliphatic rings. The van der Waals surface area contributed by atoms with Crippen molar-refractivity contribution in [3.63, 3.8) is 0 Å². The van der Waals surface area contributed by atoms with Gasteiger partial charge in [-0.1, -0.05) is 15.9 Å². The van der Waals surface area contributed by atoms with Gasteiger partial charge in [-0.15, -0.1) is 0 Å². The summed E-state index contributed by atoms with van der Waals surface area (Å²) in [7, 11) is 1.84. The largest absolute Gasteiger partial charge is 0.343 e. The maximum Gasteiger partial charge on any atom is 0.241 e. The van der Waals surface area contributed by atoms with Gasteiger partial charge in [0.05, 0.1) is 0 Å². The Morgan fingerprint density at radius 1 is 1.67 bits per heavy atom. The number of likely N-dealkylation sites (N-methyl/N-ethyl adjacent to an activating group) is 1. The molecule has 2 saturated heterocycles. The molecule has 2 rings (SSSR count). The lowest BCUT2D eigenvalue weighted by atomic mass is 9.93. The molecule has 0 aliphatic carbocycles. The number of carbonyl (C=O) groups is 1. The van der Waals surface area contributed by atoms with Crippen LogP contribution in [0.2, 0.25) is 0 Å². The van der Waals surface area contributed by atoms with E-state index in [0.717, 1.165) is 13.1 Å². The molecule has 2 aliphatic heterocycles. The molecule has 0 bridgehead atoms. The third-order valence-corrected chi connectivity index (χ3v) is 3.55. The number of rotatable bonds is 0. The molecule has 5 heteroatoms. The second-order valence-corrected chi connectivity index (χ2v) is 4.58. The fourth-order valence-corrected chi connectivity index (χ4v) is 2.74. The molecule has 3 unspecified atom stereocenters. The molecule has 2 fully saturated rings. The number of alkyl halides is 1. The Kier molecular flexibility index (Phi) is 2.10. The van der Waals surface area contributed by atoms with E-state index in [2.05, 4.69) is 26.8 Å². The van der Waals surface area contributed by atoms with Crippen LogP contribution in [0.1, 0.15) is 0 Å². The number of nitrogens with one attached hydrogen (secondary N) is 2. The van der Waals surface area contributed by atoms with E-state index in [1.807, 2.05) is 7.05 Å². The summed E-state index contributed by atoms with van der Waals surface area (Å²) in [6, 6.07) is -0.0341. The van der Waals surface area contributed by atoms with Crippen molar-refractivity contribution in [3.05, 3.63) is 0 Å². The first-order chi connectivity index (χ1) is 5.70. The minimum Gasteiger partial charge on any atom is -0.343 e. The molecule has 0 aromatic carbocycles. The Labute approximate surface area is 79.8 Å². The van der Waals surface area contributed by atoms with Crippen LogP contribution in [-0.4, -0.2) is 41.8 Å². The predicted octanol–water partition coefficient (Wildman–Crippen LogP) is -0.686. The first-order valence-electron chi connectivity index (χ1n) is 4.07. The van der Waals surface area contributed by atoms with Crippen LogP contribution >= 0.6 is 15.9 Å². The fraction of sp³-hybridized carbons (Fsp3) is 0.857. The van der Waals surface area contributed by atoms with Crippen molar-refractivity contribution in [1.29, 1.82) is 0 Å². The van der Waals surface area contributed by atoms with E-state index in [-0.39, 0.29) is 11.9 Å². The Morgan fingerprint density at radius 3 is 3.17 bits per heavy atom. The zero-order valence-corrected chi connectivity index (χ0v) is 8.47. The lowest BCUT2D eigenvalue weighted by Gasteiger charge is -2.34. The molecule has 4 nitrogen and oxygen atoms in total. The summed E-state index contributed by atoms with van der Waals surface area (Å²) in [5, 5.41) is 0. The zero-order valence-electron chi connectivity index (χ0n) is 6.88. The third kappa shape index (κ3) is 1.16. The number of amides is 1. The average molecular weight is 234 g/mol. The molecule has 2 heterocycles. The number of likely N-dealkylation sites (tertiary alicyclic amines) is 1. The van der Waals surface area contributed by atoms with Gasteiger partial charge in [0.1, 0.15) is 6.04 Å². The number of fused-ring (bicyclic) bond motifs is 1. The van der Waals surface area contributed by atoms with Crippen LogP contribution in [0, 0.1) is 5.92 Å². The van der Waals surface area contributed by atoms with E-state index >= 15 is 0 Å². The fourth-order valence-electron chi connectivity index (χ4n) is 1.82. The number of hydrogen-bond acceptors (Lipinski definition) is 3. The third-order valence-electron chi connectivity index (χ3n) is 2.58. The molecule has 68 valence electrons. The topological polar surface area (TPSA) is 44.4 Å². The Morgan fingerprint density at radius 2 is 2.42 bits per heavy atom. The molecular formula is C7H12BrN3O. The van der Waals surface area contributed by atoms with E-state index < -0.39 is 0 Å². The summed E-state index contributed by atoms with van der Waals surface area (Å²) < 4.78 is 0. The number of halogens is 1. The highest BCUT2D eigenvalue weighted by atomic mass is 79.9. The first-order valence-corrected chi connectivity index (χ1v) is 4.99. The van der Waals surface area contributed by atoms with Gasteiger partial charge in [-0.25, -0.2) is 5.43 Å². The van der Waals surface area contributed by atoms with Crippen molar-refractivity contribution in [2.45, 2.75) is 10.9 Å². The summed E-state index contributed by atoms with van der Waals surface area (Å²) in [5.74, 6) is 0.592. The number of hydrogen-bond donors (Lipinski definition) is 2. The number of hydrazine groups is 1. The van der Waals surface area contributed by atoms with Gasteiger partial charge >= 0.3 is 0 Å². The van der Waals surface area contributed by atoms with Crippen molar-refractivity contribution in [2.75, 3.05) is 20.1 Å². The smallest absolute Gasteiger partial charge is 0.241 e. The van der Waals surface area contributed by atoms with Gasteiger partial charge in [0.15, 0.2) is 0 Å². The lowest BCUT2D eigenvalue weighted by molar-refractivity contribution is -0.135. The van der Waals surface area contributed by atoms with Gasteiger partial charge in [0.2, 0.25) is 5.91 Å². The number of piperidine rings is 1. The second-order valence-electron chi connectivity index (χ2n) is 3.40. The highest BCUT2D eigenvalue weighted by Gasteiger charge is 2.43. The molecule has 2 N–H and O–H groups in total. The summed E-state index contributed by atoms with van der Waals surface area (Å²) in [4.78, 5) is 13.7. The van der Waals surface area contributed by atoms with Crippen LogP contribution < -0.4 is 10.9 Å². The predicted molar refractivity (Wildman–Crippen MR) is 48.8 cm³/mol. The van der Waals surface area contributed by atoms with Crippen LogP contribution in [0.4, 0.5) is 0 Å². The summed E-state index contributed by atoms with van der Waals surface area (Å²) >= 11 is 3.59. The quantitative estimate of drug-likeness (QED) is 0.545. The maximum absolute atomic E-state index is 11.6. The Balaban J connectivity index is 2.17. The zero-order chi connectivity index (χ0) is 8.72. The Bertz CT molecular complexity index is 211. The van der Waals surface area contributed by atoms with Crippen LogP contribution in [0.5, 0.6) is 0 Å². The van der Waals surface area contributed by atoms with Crippen molar-refractivity contribution in [1.82, 2.24) is 15.8 Å². The van der Waals surface area contributed by atoms with Gasteiger partial charge < -0.3 is 4.90 Å². The van der Waals surface area contributed by atoms with E-state index in [1.165, 1.54) is 0 Å². The summed E-state index contributed by atoms with van der Waals surface area (Å²) in [5.41, 5.74) is 6.02. The minimum absolute atomic E-state index is 0.0341. The maximum atomic E-state index is 11.6. The van der Waals surface area contributed by atoms with Gasteiger partial charge in [-0.05, 0) is 0 Å². The molecule has 1 amide bonds. The molecule has 3 atom stereocenters. The van der Waals surface area contributed by atoms with E-state index in [1.54, 1.807) is 4.90 Å². The summed E-state index contributed by atoms with van der Waals surface area (Å²) in [6.07, 6.45) is 0. The van der Waals surface area contributed by atoms with Crippen LogP contribution in [0.25, 0.3) is 0 Å². The van der Waals surface area contributed by atoms with Crippen LogP contribution in [-0.2, 0) is 4.79 Å². The highest BCUT2D eigenvalue weighted by molar-refractivity contribution is 9.09. The van der Waals surface area contributed by atoms with Crippen LogP contribution in [0.3, 0.4) is 0 Å².